The first kappa shape index (κ1) is 20.8. The average Bonchev–Trinajstić information content (AvgIpc) is 2.71. The summed E-state index contributed by atoms with van der Waals surface area (Å²) in [7, 11) is 1.57. The molecule has 0 saturated heterocycles. The van der Waals surface area contributed by atoms with Crippen molar-refractivity contribution in [1.82, 2.24) is 9.97 Å². The molecule has 0 unspecified atom stereocenters. The molecular weight excluding hydrogens is 414 g/mol. The number of carbonyl (C=O) groups excluding carboxylic acids is 1. The molecule has 7 nitrogen and oxygen atoms in total. The monoisotopic (exact) mass is 431 g/mol. The summed E-state index contributed by atoms with van der Waals surface area (Å²) in [5, 5.41) is 13.6. The second-order valence-electron chi connectivity index (χ2n) is 6.04. The Morgan fingerprint density at radius 3 is 2.52 bits per heavy atom. The molecule has 150 valence electrons. The number of ether oxygens (including phenoxy) is 1. The molecule has 0 aliphatic rings. The van der Waals surface area contributed by atoms with Gasteiger partial charge in [-0.2, -0.15) is 4.98 Å². The van der Waals surface area contributed by atoms with Gasteiger partial charge in [-0.25, -0.2) is 0 Å². The zero-order chi connectivity index (χ0) is 20.8. The Hall–Kier alpha value is -2.97. The van der Waals surface area contributed by atoms with Crippen molar-refractivity contribution in [1.29, 1.82) is 0 Å². The molecule has 3 aromatic rings. The van der Waals surface area contributed by atoms with Crippen LogP contribution in [0.3, 0.4) is 0 Å². The Balaban J connectivity index is 1.63. The number of nitrogens with one attached hydrogen (secondary N) is 2. The maximum atomic E-state index is 12.3. The molecule has 0 radical (unpaired) electrons. The number of halogens is 1. The van der Waals surface area contributed by atoms with E-state index < -0.39 is 5.56 Å². The Bertz CT molecular complexity index is 1050. The Kier molecular flexibility index (Phi) is 6.79. The number of hydrogen-bond donors (Lipinski definition) is 3. The number of anilines is 1. The van der Waals surface area contributed by atoms with E-state index in [2.05, 4.69) is 15.3 Å². The summed E-state index contributed by atoms with van der Waals surface area (Å²) in [6.45, 7) is 0. The number of carbonyl (C=O) groups is 1. The van der Waals surface area contributed by atoms with E-state index in [0.29, 0.717) is 16.5 Å². The highest BCUT2D eigenvalue weighted by atomic mass is 35.5. The van der Waals surface area contributed by atoms with Crippen molar-refractivity contribution in [2.24, 2.45) is 0 Å². The fourth-order valence-corrected chi connectivity index (χ4v) is 3.29. The van der Waals surface area contributed by atoms with Gasteiger partial charge in [0.05, 0.1) is 18.4 Å². The van der Waals surface area contributed by atoms with Gasteiger partial charge in [-0.05, 0) is 42.0 Å². The SMILES string of the molecule is COc1ccc(Cc2c(O)nc(SCC(=O)Nc3ccc(Cl)cc3)[nH]c2=O)cc1. The first-order valence-corrected chi connectivity index (χ1v) is 9.94. The van der Waals surface area contributed by atoms with Crippen molar-refractivity contribution in [3.8, 4) is 11.6 Å². The Morgan fingerprint density at radius 2 is 1.90 bits per heavy atom. The number of aromatic amines is 1. The molecule has 0 spiro atoms. The van der Waals surface area contributed by atoms with E-state index in [4.69, 9.17) is 16.3 Å². The van der Waals surface area contributed by atoms with E-state index >= 15 is 0 Å². The molecule has 3 rings (SSSR count). The molecule has 0 bridgehead atoms. The molecular formula is C20H18ClN3O4S. The zero-order valence-corrected chi connectivity index (χ0v) is 17.0. The highest BCUT2D eigenvalue weighted by Gasteiger charge is 2.13. The third-order valence-electron chi connectivity index (χ3n) is 3.98. The number of methoxy groups -OCH3 is 1. The largest absolute Gasteiger partial charge is 0.497 e. The lowest BCUT2D eigenvalue weighted by Gasteiger charge is -2.07. The van der Waals surface area contributed by atoms with Gasteiger partial charge < -0.3 is 20.1 Å². The number of aromatic hydroxyl groups is 1. The number of aromatic nitrogens is 2. The van der Waals surface area contributed by atoms with Crippen molar-refractivity contribution >= 4 is 35.0 Å². The van der Waals surface area contributed by atoms with E-state index in [0.717, 1.165) is 17.3 Å². The number of nitrogens with zero attached hydrogens (tertiary/aromatic N) is 1. The van der Waals surface area contributed by atoms with E-state index in [9.17, 15) is 14.7 Å². The fraction of sp³-hybridized carbons (Fsp3) is 0.150. The van der Waals surface area contributed by atoms with Crippen LogP contribution in [-0.4, -0.2) is 33.8 Å². The van der Waals surface area contributed by atoms with E-state index in [-0.39, 0.29) is 34.7 Å². The van der Waals surface area contributed by atoms with Crippen LogP contribution in [0.5, 0.6) is 11.6 Å². The minimum atomic E-state index is -0.450. The topological polar surface area (TPSA) is 104 Å². The van der Waals surface area contributed by atoms with Gasteiger partial charge in [0.15, 0.2) is 5.16 Å². The van der Waals surface area contributed by atoms with Crippen molar-refractivity contribution in [3.63, 3.8) is 0 Å². The standard InChI is InChI=1S/C20H18ClN3O4S/c1-28-15-8-2-12(3-9-15)10-16-18(26)23-20(24-19(16)27)29-11-17(25)22-14-6-4-13(21)5-7-14/h2-9H,10-11H2,1H3,(H,22,25)(H2,23,24,26,27). The quantitative estimate of drug-likeness (QED) is 0.391. The number of amides is 1. The van der Waals surface area contributed by atoms with Gasteiger partial charge in [0.25, 0.3) is 5.56 Å². The molecule has 1 heterocycles. The minimum absolute atomic E-state index is 0.0167. The van der Waals surface area contributed by atoms with Gasteiger partial charge in [0.1, 0.15) is 5.75 Å². The van der Waals surface area contributed by atoms with Crippen LogP contribution in [-0.2, 0) is 11.2 Å². The van der Waals surface area contributed by atoms with Crippen LogP contribution in [0.25, 0.3) is 0 Å². The molecule has 1 amide bonds. The van der Waals surface area contributed by atoms with Crippen molar-refractivity contribution in [2.45, 2.75) is 11.6 Å². The Morgan fingerprint density at radius 1 is 1.21 bits per heavy atom. The van der Waals surface area contributed by atoms with Crippen LogP contribution in [0.15, 0.2) is 58.5 Å². The van der Waals surface area contributed by atoms with Gasteiger partial charge in [-0.3, -0.25) is 9.59 Å². The van der Waals surface area contributed by atoms with Crippen molar-refractivity contribution < 1.29 is 14.6 Å². The number of rotatable bonds is 7. The molecule has 3 N–H and O–H groups in total. The molecule has 0 atom stereocenters. The van der Waals surface area contributed by atoms with Crippen LogP contribution in [0.4, 0.5) is 5.69 Å². The average molecular weight is 432 g/mol. The number of benzene rings is 2. The zero-order valence-electron chi connectivity index (χ0n) is 15.4. The predicted molar refractivity (Wildman–Crippen MR) is 113 cm³/mol. The van der Waals surface area contributed by atoms with Crippen molar-refractivity contribution in [3.05, 3.63) is 75.0 Å². The van der Waals surface area contributed by atoms with Gasteiger partial charge in [0.2, 0.25) is 11.8 Å². The molecule has 29 heavy (non-hydrogen) atoms. The van der Waals surface area contributed by atoms with Crippen LogP contribution < -0.4 is 15.6 Å². The molecule has 0 saturated carbocycles. The minimum Gasteiger partial charge on any atom is -0.497 e. The van der Waals surface area contributed by atoms with Crippen molar-refractivity contribution in [2.75, 3.05) is 18.2 Å². The van der Waals surface area contributed by atoms with E-state index in [1.165, 1.54) is 0 Å². The molecule has 9 heteroatoms. The second-order valence-corrected chi connectivity index (χ2v) is 7.44. The number of hydrogen-bond acceptors (Lipinski definition) is 6. The number of H-pyrrole nitrogens is 1. The lowest BCUT2D eigenvalue weighted by atomic mass is 10.1. The Labute approximate surface area is 176 Å². The lowest BCUT2D eigenvalue weighted by molar-refractivity contribution is -0.113. The summed E-state index contributed by atoms with van der Waals surface area (Å²) < 4.78 is 5.10. The third-order valence-corrected chi connectivity index (χ3v) is 5.11. The maximum Gasteiger partial charge on any atom is 0.258 e. The highest BCUT2D eigenvalue weighted by Crippen LogP contribution is 2.21. The summed E-state index contributed by atoms with van der Waals surface area (Å²) in [6, 6.07) is 13.9. The van der Waals surface area contributed by atoms with Crippen LogP contribution in [0, 0.1) is 0 Å². The maximum absolute atomic E-state index is 12.3. The first-order valence-electron chi connectivity index (χ1n) is 8.58. The van der Waals surface area contributed by atoms with Crippen LogP contribution in [0.2, 0.25) is 5.02 Å². The highest BCUT2D eigenvalue weighted by molar-refractivity contribution is 7.99. The summed E-state index contributed by atoms with van der Waals surface area (Å²) in [5.41, 5.74) is 1.15. The van der Waals surface area contributed by atoms with Crippen LogP contribution >= 0.6 is 23.4 Å². The van der Waals surface area contributed by atoms with Crippen LogP contribution in [0.1, 0.15) is 11.1 Å². The normalized spacial score (nSPS) is 10.6. The molecule has 1 aromatic heterocycles. The second kappa shape index (κ2) is 9.49. The van der Waals surface area contributed by atoms with E-state index in [1.54, 1.807) is 43.5 Å². The smallest absolute Gasteiger partial charge is 0.258 e. The van der Waals surface area contributed by atoms with E-state index in [1.807, 2.05) is 12.1 Å². The lowest BCUT2D eigenvalue weighted by Crippen LogP contribution is -2.17. The number of thioether (sulfide) groups is 1. The summed E-state index contributed by atoms with van der Waals surface area (Å²) in [5.74, 6) is 0.0867. The molecule has 0 aliphatic carbocycles. The fourth-order valence-electron chi connectivity index (χ4n) is 2.51. The first-order chi connectivity index (χ1) is 13.9. The van der Waals surface area contributed by atoms with Gasteiger partial charge in [-0.1, -0.05) is 35.5 Å². The summed E-state index contributed by atoms with van der Waals surface area (Å²) in [6.07, 6.45) is 0.222. The summed E-state index contributed by atoms with van der Waals surface area (Å²) in [4.78, 5) is 31.0. The third kappa shape index (κ3) is 5.75. The van der Waals surface area contributed by atoms with Gasteiger partial charge in [0, 0.05) is 17.1 Å². The molecule has 0 aliphatic heterocycles. The predicted octanol–water partition coefficient (Wildman–Crippen LogP) is 3.46. The van der Waals surface area contributed by atoms with Gasteiger partial charge in [-0.15, -0.1) is 0 Å². The van der Waals surface area contributed by atoms with Gasteiger partial charge >= 0.3 is 0 Å². The molecule has 2 aromatic carbocycles. The summed E-state index contributed by atoms with van der Waals surface area (Å²) >= 11 is 6.83. The molecule has 0 fully saturated rings.